The van der Waals surface area contributed by atoms with Crippen LogP contribution in [0.4, 0.5) is 5.69 Å². The molecule has 1 N–H and O–H groups in total. The molecule has 122 valence electrons. The molecule has 0 spiro atoms. The molecule has 9 heteroatoms. The van der Waals surface area contributed by atoms with Crippen LogP contribution in [0, 0.1) is 0 Å². The van der Waals surface area contributed by atoms with E-state index in [1.165, 1.54) is 30.3 Å². The SMILES string of the molecule is O=C(O)CN(c1cccc(Cl)c1Cl)S(=O)(=O)c1ccc(Br)cc1. The topological polar surface area (TPSA) is 74.7 Å². The van der Waals surface area contributed by atoms with Gasteiger partial charge < -0.3 is 5.11 Å². The second-order valence-corrected chi connectivity index (χ2v) is 8.00. The summed E-state index contributed by atoms with van der Waals surface area (Å²) >= 11 is 15.2. The number of hydrogen-bond acceptors (Lipinski definition) is 3. The molecule has 0 fully saturated rings. The maximum absolute atomic E-state index is 12.8. The van der Waals surface area contributed by atoms with Gasteiger partial charge in [0.2, 0.25) is 0 Å². The molecule has 0 saturated carbocycles. The second-order valence-electron chi connectivity index (χ2n) is 4.43. The predicted molar refractivity (Wildman–Crippen MR) is 92.8 cm³/mol. The van der Waals surface area contributed by atoms with Crippen molar-refractivity contribution in [3.05, 3.63) is 57.0 Å². The number of nitrogens with zero attached hydrogens (tertiary/aromatic N) is 1. The number of carboxylic acid groups (broad SMARTS) is 1. The van der Waals surface area contributed by atoms with Gasteiger partial charge in [-0.2, -0.15) is 0 Å². The number of rotatable bonds is 5. The summed E-state index contributed by atoms with van der Waals surface area (Å²) in [4.78, 5) is 11.1. The normalized spacial score (nSPS) is 11.3. The van der Waals surface area contributed by atoms with E-state index in [2.05, 4.69) is 15.9 Å². The average Bonchev–Trinajstić information content (AvgIpc) is 2.48. The molecule has 0 atom stereocenters. The monoisotopic (exact) mass is 437 g/mol. The van der Waals surface area contributed by atoms with Crippen LogP contribution in [0.1, 0.15) is 0 Å². The molecule has 0 aromatic heterocycles. The third-order valence-corrected chi connectivity index (χ3v) is 5.99. The van der Waals surface area contributed by atoms with Crippen molar-refractivity contribution in [3.8, 4) is 0 Å². The third-order valence-electron chi connectivity index (χ3n) is 2.88. The molecule has 23 heavy (non-hydrogen) atoms. The smallest absolute Gasteiger partial charge is 0.324 e. The van der Waals surface area contributed by atoms with E-state index in [1.807, 2.05) is 0 Å². The van der Waals surface area contributed by atoms with Crippen molar-refractivity contribution in [1.29, 1.82) is 0 Å². The Morgan fingerprint density at radius 3 is 2.30 bits per heavy atom. The van der Waals surface area contributed by atoms with E-state index >= 15 is 0 Å². The zero-order valence-corrected chi connectivity index (χ0v) is 15.3. The number of carboxylic acids is 1. The van der Waals surface area contributed by atoms with Crippen LogP contribution in [0.25, 0.3) is 0 Å². The molecule has 0 radical (unpaired) electrons. The highest BCUT2D eigenvalue weighted by atomic mass is 79.9. The number of carbonyl (C=O) groups is 1. The Morgan fingerprint density at radius 1 is 1.13 bits per heavy atom. The van der Waals surface area contributed by atoms with Crippen molar-refractivity contribution in [2.45, 2.75) is 4.90 Å². The van der Waals surface area contributed by atoms with Crippen LogP contribution in [0.15, 0.2) is 51.8 Å². The molecular formula is C14H10BrCl2NO4S. The van der Waals surface area contributed by atoms with E-state index in [0.717, 1.165) is 0 Å². The molecule has 2 aromatic carbocycles. The standard InChI is InChI=1S/C14H10BrCl2NO4S/c15-9-4-6-10(7-5-9)23(21,22)18(8-13(19)20)12-3-1-2-11(16)14(12)17/h1-7H,8H2,(H,19,20). The Kier molecular flexibility index (Phi) is 5.57. The number of anilines is 1. The zero-order chi connectivity index (χ0) is 17.2. The van der Waals surface area contributed by atoms with Crippen molar-refractivity contribution in [2.24, 2.45) is 0 Å². The van der Waals surface area contributed by atoms with E-state index in [4.69, 9.17) is 28.3 Å². The molecule has 0 heterocycles. The van der Waals surface area contributed by atoms with E-state index in [-0.39, 0.29) is 20.6 Å². The molecule has 0 amide bonds. The van der Waals surface area contributed by atoms with Crippen molar-refractivity contribution in [1.82, 2.24) is 0 Å². The summed E-state index contributed by atoms with van der Waals surface area (Å²) in [6, 6.07) is 10.2. The molecule has 2 aromatic rings. The van der Waals surface area contributed by atoms with Crippen molar-refractivity contribution in [2.75, 3.05) is 10.8 Å². The van der Waals surface area contributed by atoms with Gasteiger partial charge in [0.25, 0.3) is 10.0 Å². The maximum Gasteiger partial charge on any atom is 0.324 e. The van der Waals surface area contributed by atoms with Crippen LogP contribution >= 0.6 is 39.1 Å². The highest BCUT2D eigenvalue weighted by Gasteiger charge is 2.29. The predicted octanol–water partition coefficient (Wildman–Crippen LogP) is 4.04. The summed E-state index contributed by atoms with van der Waals surface area (Å²) in [6.07, 6.45) is 0. The van der Waals surface area contributed by atoms with Gasteiger partial charge in [0.1, 0.15) is 6.54 Å². The van der Waals surface area contributed by atoms with Gasteiger partial charge in [-0.25, -0.2) is 8.42 Å². The van der Waals surface area contributed by atoms with Crippen molar-refractivity contribution >= 4 is 60.8 Å². The average molecular weight is 439 g/mol. The first-order chi connectivity index (χ1) is 10.7. The molecule has 5 nitrogen and oxygen atoms in total. The minimum absolute atomic E-state index is 0.00415. The Bertz CT molecular complexity index is 840. The number of halogens is 3. The van der Waals surface area contributed by atoms with Gasteiger partial charge in [0, 0.05) is 4.47 Å². The van der Waals surface area contributed by atoms with Gasteiger partial charge >= 0.3 is 5.97 Å². The van der Waals surface area contributed by atoms with E-state index < -0.39 is 22.5 Å². The first kappa shape index (κ1) is 18.1. The first-order valence-corrected chi connectivity index (χ1v) is 9.16. The fraction of sp³-hybridized carbons (Fsp3) is 0.0714. The van der Waals surface area contributed by atoms with Gasteiger partial charge in [0.05, 0.1) is 20.6 Å². The van der Waals surface area contributed by atoms with Crippen LogP contribution in [0.3, 0.4) is 0 Å². The molecule has 0 bridgehead atoms. The minimum Gasteiger partial charge on any atom is -0.480 e. The van der Waals surface area contributed by atoms with Crippen LogP contribution in [0.5, 0.6) is 0 Å². The quantitative estimate of drug-likeness (QED) is 0.764. The summed E-state index contributed by atoms with van der Waals surface area (Å²) < 4.78 is 27.0. The summed E-state index contributed by atoms with van der Waals surface area (Å²) in [5.74, 6) is -1.32. The first-order valence-electron chi connectivity index (χ1n) is 6.17. The molecular weight excluding hydrogens is 429 g/mol. The highest BCUT2D eigenvalue weighted by molar-refractivity contribution is 9.10. The Hall–Kier alpha value is -1.28. The fourth-order valence-corrected chi connectivity index (χ4v) is 3.98. The number of aliphatic carboxylic acids is 1. The van der Waals surface area contributed by atoms with Gasteiger partial charge in [-0.15, -0.1) is 0 Å². The summed E-state index contributed by atoms with van der Waals surface area (Å²) in [5, 5.41) is 9.17. The third kappa shape index (κ3) is 3.98. The summed E-state index contributed by atoms with van der Waals surface area (Å²) in [6.45, 7) is -0.779. The van der Waals surface area contributed by atoms with Crippen LogP contribution in [0.2, 0.25) is 10.0 Å². The van der Waals surface area contributed by atoms with Gasteiger partial charge in [-0.3, -0.25) is 9.10 Å². The summed E-state index contributed by atoms with van der Waals surface area (Å²) in [7, 11) is -4.12. The fourth-order valence-electron chi connectivity index (χ4n) is 1.84. The van der Waals surface area contributed by atoms with Crippen molar-refractivity contribution < 1.29 is 18.3 Å². The molecule has 0 saturated heterocycles. The van der Waals surface area contributed by atoms with Crippen LogP contribution in [-0.4, -0.2) is 26.0 Å². The lowest BCUT2D eigenvalue weighted by atomic mass is 10.3. The molecule has 0 aliphatic rings. The lowest BCUT2D eigenvalue weighted by molar-refractivity contribution is -0.135. The van der Waals surface area contributed by atoms with E-state index in [9.17, 15) is 13.2 Å². The molecule has 0 unspecified atom stereocenters. The molecule has 0 aliphatic heterocycles. The van der Waals surface area contributed by atoms with Gasteiger partial charge in [-0.05, 0) is 36.4 Å². The number of hydrogen-bond donors (Lipinski definition) is 1. The van der Waals surface area contributed by atoms with Crippen LogP contribution < -0.4 is 4.31 Å². The second kappa shape index (κ2) is 7.09. The molecule has 2 rings (SSSR count). The van der Waals surface area contributed by atoms with Gasteiger partial charge in [-0.1, -0.05) is 45.2 Å². The Morgan fingerprint density at radius 2 is 1.74 bits per heavy atom. The Balaban J connectivity index is 2.60. The highest BCUT2D eigenvalue weighted by Crippen LogP contribution is 2.35. The zero-order valence-electron chi connectivity index (χ0n) is 11.4. The van der Waals surface area contributed by atoms with Crippen molar-refractivity contribution in [3.63, 3.8) is 0 Å². The Labute approximate surface area is 151 Å². The lowest BCUT2D eigenvalue weighted by Crippen LogP contribution is -2.36. The van der Waals surface area contributed by atoms with Crippen LogP contribution in [-0.2, 0) is 14.8 Å². The number of sulfonamides is 1. The minimum atomic E-state index is -4.12. The van der Waals surface area contributed by atoms with E-state index in [1.54, 1.807) is 12.1 Å². The molecule has 0 aliphatic carbocycles. The van der Waals surface area contributed by atoms with Gasteiger partial charge in [0.15, 0.2) is 0 Å². The number of benzene rings is 2. The summed E-state index contributed by atoms with van der Waals surface area (Å²) in [5.41, 5.74) is 0.00415. The largest absolute Gasteiger partial charge is 0.480 e. The lowest BCUT2D eigenvalue weighted by Gasteiger charge is -2.24. The maximum atomic E-state index is 12.8. The van der Waals surface area contributed by atoms with E-state index in [0.29, 0.717) is 8.78 Å².